The highest BCUT2D eigenvalue weighted by Gasteiger charge is 2.30. The summed E-state index contributed by atoms with van der Waals surface area (Å²) in [7, 11) is 3.51. The molecular weight excluding hydrogens is 400 g/mol. The highest BCUT2D eigenvalue weighted by molar-refractivity contribution is 6.08. The monoisotopic (exact) mass is 430 g/mol. The van der Waals surface area contributed by atoms with Gasteiger partial charge in [0.15, 0.2) is 0 Å². The van der Waals surface area contributed by atoms with Crippen LogP contribution in [0.15, 0.2) is 60.7 Å². The van der Waals surface area contributed by atoms with E-state index < -0.39 is 0 Å². The molecule has 32 heavy (non-hydrogen) atoms. The molecule has 0 atom stereocenters. The number of hydrogen-bond donors (Lipinski definition) is 0. The second-order valence-electron chi connectivity index (χ2n) is 8.55. The zero-order valence-corrected chi connectivity index (χ0v) is 19.0. The Morgan fingerprint density at radius 1 is 0.969 bits per heavy atom. The van der Waals surface area contributed by atoms with E-state index in [0.29, 0.717) is 38.0 Å². The first-order valence-corrected chi connectivity index (χ1v) is 11.1. The number of fused-ring (bicyclic) bond motifs is 1. The SMILES string of the molecule is COc1ccc(C(=O)N2CCC(C(=O)N(C)Cc3ccccc3C)CC2)c2ccccc12. The average Bonchev–Trinajstić information content (AvgIpc) is 2.84. The summed E-state index contributed by atoms with van der Waals surface area (Å²) in [5.74, 6) is 0.900. The van der Waals surface area contributed by atoms with Crippen LogP contribution in [0.3, 0.4) is 0 Å². The Morgan fingerprint density at radius 2 is 1.62 bits per heavy atom. The molecule has 0 spiro atoms. The summed E-state index contributed by atoms with van der Waals surface area (Å²) in [6.45, 7) is 3.87. The summed E-state index contributed by atoms with van der Waals surface area (Å²) in [6, 6.07) is 19.7. The van der Waals surface area contributed by atoms with E-state index in [9.17, 15) is 9.59 Å². The van der Waals surface area contributed by atoms with Crippen LogP contribution in [0.2, 0.25) is 0 Å². The predicted molar refractivity (Wildman–Crippen MR) is 127 cm³/mol. The van der Waals surface area contributed by atoms with Crippen molar-refractivity contribution in [2.75, 3.05) is 27.2 Å². The van der Waals surface area contributed by atoms with E-state index in [4.69, 9.17) is 4.74 Å². The van der Waals surface area contributed by atoms with Crippen molar-refractivity contribution >= 4 is 22.6 Å². The van der Waals surface area contributed by atoms with Crippen molar-refractivity contribution in [1.29, 1.82) is 0 Å². The molecule has 1 aliphatic rings. The van der Waals surface area contributed by atoms with Crippen LogP contribution in [-0.4, -0.2) is 48.9 Å². The maximum absolute atomic E-state index is 13.3. The molecule has 3 aromatic rings. The minimum Gasteiger partial charge on any atom is -0.496 e. The van der Waals surface area contributed by atoms with Gasteiger partial charge in [-0.15, -0.1) is 0 Å². The molecule has 0 aliphatic carbocycles. The molecule has 1 aliphatic heterocycles. The Hall–Kier alpha value is -3.34. The predicted octanol–water partition coefficient (Wildman–Crippen LogP) is 4.67. The number of likely N-dealkylation sites (tertiary alicyclic amines) is 1. The number of nitrogens with zero attached hydrogens (tertiary/aromatic N) is 2. The lowest BCUT2D eigenvalue weighted by atomic mass is 9.94. The molecule has 5 heteroatoms. The third-order valence-corrected chi connectivity index (χ3v) is 6.51. The third-order valence-electron chi connectivity index (χ3n) is 6.51. The van der Waals surface area contributed by atoms with Crippen LogP contribution in [0.1, 0.15) is 34.3 Å². The Bertz CT molecular complexity index is 1130. The van der Waals surface area contributed by atoms with E-state index in [1.807, 2.05) is 65.4 Å². The first kappa shape index (κ1) is 21.9. The van der Waals surface area contributed by atoms with E-state index in [1.165, 1.54) is 11.1 Å². The van der Waals surface area contributed by atoms with Crippen molar-refractivity contribution in [3.05, 3.63) is 77.4 Å². The van der Waals surface area contributed by atoms with E-state index in [0.717, 1.165) is 16.5 Å². The molecule has 5 nitrogen and oxygen atoms in total. The minimum atomic E-state index is -0.0410. The molecule has 1 fully saturated rings. The Morgan fingerprint density at radius 3 is 2.31 bits per heavy atom. The normalized spacial score (nSPS) is 14.4. The molecule has 1 saturated heterocycles. The van der Waals surface area contributed by atoms with Gasteiger partial charge in [-0.2, -0.15) is 0 Å². The van der Waals surface area contributed by atoms with Crippen LogP contribution in [0.5, 0.6) is 5.75 Å². The lowest BCUT2D eigenvalue weighted by Crippen LogP contribution is -2.43. The van der Waals surface area contributed by atoms with Gasteiger partial charge in [0.25, 0.3) is 5.91 Å². The summed E-state index contributed by atoms with van der Waals surface area (Å²) < 4.78 is 5.45. The van der Waals surface area contributed by atoms with Gasteiger partial charge in [-0.25, -0.2) is 0 Å². The standard InChI is InChI=1S/C27H30N2O3/c1-19-8-4-5-9-21(19)18-28(2)26(30)20-14-16-29(17-15-20)27(31)24-12-13-25(32-3)23-11-7-6-10-22(23)24/h4-13,20H,14-18H2,1-3H3. The van der Waals surface area contributed by atoms with Gasteiger partial charge in [-0.1, -0.05) is 48.5 Å². The van der Waals surface area contributed by atoms with Gasteiger partial charge in [0.05, 0.1) is 7.11 Å². The highest BCUT2D eigenvalue weighted by Crippen LogP contribution is 2.30. The van der Waals surface area contributed by atoms with E-state index in [2.05, 4.69) is 19.1 Å². The Kier molecular flexibility index (Phi) is 6.45. The lowest BCUT2D eigenvalue weighted by Gasteiger charge is -2.33. The average molecular weight is 431 g/mol. The van der Waals surface area contributed by atoms with Gasteiger partial charge >= 0.3 is 0 Å². The van der Waals surface area contributed by atoms with Crippen LogP contribution in [-0.2, 0) is 11.3 Å². The van der Waals surface area contributed by atoms with E-state index >= 15 is 0 Å². The van der Waals surface area contributed by atoms with Crippen molar-refractivity contribution in [2.24, 2.45) is 5.92 Å². The number of ether oxygens (including phenoxy) is 1. The second-order valence-corrected chi connectivity index (χ2v) is 8.55. The zero-order chi connectivity index (χ0) is 22.7. The Balaban J connectivity index is 1.42. The molecule has 0 bridgehead atoms. The van der Waals surface area contributed by atoms with Gasteiger partial charge in [0.2, 0.25) is 5.91 Å². The molecule has 3 aromatic carbocycles. The van der Waals surface area contributed by atoms with E-state index in [1.54, 1.807) is 7.11 Å². The first-order valence-electron chi connectivity index (χ1n) is 11.1. The molecule has 166 valence electrons. The largest absolute Gasteiger partial charge is 0.496 e. The van der Waals surface area contributed by atoms with E-state index in [-0.39, 0.29) is 17.7 Å². The second kappa shape index (κ2) is 9.43. The van der Waals surface area contributed by atoms with Crippen LogP contribution < -0.4 is 4.74 Å². The fourth-order valence-corrected chi connectivity index (χ4v) is 4.57. The molecule has 0 saturated carbocycles. The van der Waals surface area contributed by atoms with Crippen LogP contribution in [0, 0.1) is 12.8 Å². The van der Waals surface area contributed by atoms with Crippen molar-refractivity contribution in [3.8, 4) is 5.75 Å². The molecule has 2 amide bonds. The highest BCUT2D eigenvalue weighted by atomic mass is 16.5. The lowest BCUT2D eigenvalue weighted by molar-refractivity contribution is -0.136. The third kappa shape index (κ3) is 4.33. The number of benzene rings is 3. The summed E-state index contributed by atoms with van der Waals surface area (Å²) in [5.41, 5.74) is 3.05. The summed E-state index contributed by atoms with van der Waals surface area (Å²) in [5, 5.41) is 1.83. The molecule has 0 radical (unpaired) electrons. The van der Waals surface area contributed by atoms with Gasteiger partial charge in [0, 0.05) is 43.5 Å². The molecular formula is C27H30N2O3. The molecule has 0 N–H and O–H groups in total. The zero-order valence-electron chi connectivity index (χ0n) is 19.0. The number of aryl methyl sites for hydroxylation is 1. The number of hydrogen-bond acceptors (Lipinski definition) is 3. The van der Waals surface area contributed by atoms with Crippen molar-refractivity contribution < 1.29 is 14.3 Å². The number of methoxy groups -OCH3 is 1. The minimum absolute atomic E-state index is 0.0167. The maximum Gasteiger partial charge on any atom is 0.254 e. The van der Waals surface area contributed by atoms with Crippen LogP contribution in [0.25, 0.3) is 10.8 Å². The summed E-state index contributed by atoms with van der Waals surface area (Å²) in [6.07, 6.45) is 1.38. The van der Waals surface area contributed by atoms with Gasteiger partial charge in [-0.05, 0) is 48.4 Å². The molecule has 4 rings (SSSR count). The maximum atomic E-state index is 13.3. The van der Waals surface area contributed by atoms with Gasteiger partial charge in [0.1, 0.15) is 5.75 Å². The van der Waals surface area contributed by atoms with Crippen molar-refractivity contribution in [2.45, 2.75) is 26.3 Å². The van der Waals surface area contributed by atoms with Gasteiger partial charge < -0.3 is 14.5 Å². The summed E-state index contributed by atoms with van der Waals surface area (Å²) >= 11 is 0. The number of piperidine rings is 1. The van der Waals surface area contributed by atoms with Gasteiger partial charge in [-0.3, -0.25) is 9.59 Å². The van der Waals surface area contributed by atoms with Crippen LogP contribution >= 0.6 is 0 Å². The fourth-order valence-electron chi connectivity index (χ4n) is 4.57. The first-order chi connectivity index (χ1) is 15.5. The smallest absolute Gasteiger partial charge is 0.254 e. The molecule has 0 unspecified atom stereocenters. The Labute approximate surface area is 189 Å². The number of carbonyl (C=O) groups excluding carboxylic acids is 2. The number of carbonyl (C=O) groups is 2. The molecule has 0 aromatic heterocycles. The van der Waals surface area contributed by atoms with Crippen LogP contribution in [0.4, 0.5) is 0 Å². The van der Waals surface area contributed by atoms with Crippen molar-refractivity contribution in [3.63, 3.8) is 0 Å². The molecule has 1 heterocycles. The fraction of sp³-hybridized carbons (Fsp3) is 0.333. The van der Waals surface area contributed by atoms with Crippen molar-refractivity contribution in [1.82, 2.24) is 9.80 Å². The summed E-state index contributed by atoms with van der Waals surface area (Å²) in [4.78, 5) is 30.0. The number of rotatable bonds is 5. The quantitative estimate of drug-likeness (QED) is 0.591. The topological polar surface area (TPSA) is 49.9 Å². The number of amides is 2.